The predicted octanol–water partition coefficient (Wildman–Crippen LogP) is 2.81. The van der Waals surface area contributed by atoms with Gasteiger partial charge in [0, 0.05) is 22.5 Å². The number of hydrogen-bond acceptors (Lipinski definition) is 4. The Bertz CT molecular complexity index is 536. The van der Waals surface area contributed by atoms with Crippen LogP contribution in [0.25, 0.3) is 0 Å². The van der Waals surface area contributed by atoms with Crippen molar-refractivity contribution in [3.63, 3.8) is 0 Å². The van der Waals surface area contributed by atoms with Gasteiger partial charge in [0.1, 0.15) is 5.69 Å². The van der Waals surface area contributed by atoms with Gasteiger partial charge in [-0.1, -0.05) is 22.4 Å². The summed E-state index contributed by atoms with van der Waals surface area (Å²) in [5.41, 5.74) is 5.97. The summed E-state index contributed by atoms with van der Waals surface area (Å²) in [5.74, 6) is -0.354. The summed E-state index contributed by atoms with van der Waals surface area (Å²) in [6, 6.07) is 4.61. The number of nitro benzene ring substituents is 1. The number of hydrogen-bond donors (Lipinski definition) is 2. The highest BCUT2D eigenvalue weighted by molar-refractivity contribution is 9.10. The highest BCUT2D eigenvalue weighted by Gasteiger charge is 2.27. The van der Waals surface area contributed by atoms with Crippen LogP contribution in [0.4, 0.5) is 11.4 Å². The Balaban J connectivity index is 2.13. The number of benzene rings is 1. The largest absolute Gasteiger partial charge is 0.328 e. The summed E-state index contributed by atoms with van der Waals surface area (Å²) < 4.78 is 0.599. The van der Waals surface area contributed by atoms with Crippen LogP contribution in [0.15, 0.2) is 22.7 Å². The molecular weight excluding hydrogens is 326 g/mol. The molecule has 1 aromatic carbocycles. The Morgan fingerprint density at radius 3 is 2.85 bits per heavy atom. The topological polar surface area (TPSA) is 98.3 Å². The van der Waals surface area contributed by atoms with E-state index in [-0.39, 0.29) is 29.2 Å². The van der Waals surface area contributed by atoms with Crippen molar-refractivity contribution in [1.82, 2.24) is 0 Å². The number of nitrogens with one attached hydrogen (secondary N) is 1. The third-order valence-corrected chi connectivity index (χ3v) is 3.99. The van der Waals surface area contributed by atoms with Crippen LogP contribution >= 0.6 is 15.9 Å². The Morgan fingerprint density at radius 2 is 2.20 bits per heavy atom. The fourth-order valence-corrected chi connectivity index (χ4v) is 2.81. The SMILES string of the molecule is NC1CCCC(C(=O)Nc2ccc(Br)cc2[N+](=O)[O-])C1. The quantitative estimate of drug-likeness (QED) is 0.652. The number of rotatable bonds is 3. The van der Waals surface area contributed by atoms with Crippen molar-refractivity contribution < 1.29 is 9.72 Å². The Morgan fingerprint density at radius 1 is 1.45 bits per heavy atom. The summed E-state index contributed by atoms with van der Waals surface area (Å²) >= 11 is 3.18. The second-order valence-corrected chi connectivity index (χ2v) is 5.95. The lowest BCUT2D eigenvalue weighted by Crippen LogP contribution is -2.34. The summed E-state index contributed by atoms with van der Waals surface area (Å²) in [4.78, 5) is 22.7. The molecule has 2 unspecified atom stereocenters. The van der Waals surface area contributed by atoms with Crippen molar-refractivity contribution in [3.05, 3.63) is 32.8 Å². The number of nitro groups is 1. The molecule has 0 radical (unpaired) electrons. The molecule has 1 saturated carbocycles. The van der Waals surface area contributed by atoms with Gasteiger partial charge in [-0.15, -0.1) is 0 Å². The molecule has 1 aromatic rings. The van der Waals surface area contributed by atoms with E-state index in [0.717, 1.165) is 19.3 Å². The maximum atomic E-state index is 12.2. The first-order valence-electron chi connectivity index (χ1n) is 6.47. The molecule has 0 saturated heterocycles. The normalized spacial score (nSPS) is 22.3. The third-order valence-electron chi connectivity index (χ3n) is 3.50. The van der Waals surface area contributed by atoms with Gasteiger partial charge >= 0.3 is 0 Å². The molecule has 1 amide bonds. The highest BCUT2D eigenvalue weighted by Crippen LogP contribution is 2.30. The third kappa shape index (κ3) is 3.55. The Kier molecular flexibility index (Phi) is 4.72. The molecule has 0 heterocycles. The zero-order valence-electron chi connectivity index (χ0n) is 10.8. The molecule has 108 valence electrons. The summed E-state index contributed by atoms with van der Waals surface area (Å²) in [6.45, 7) is 0. The predicted molar refractivity (Wildman–Crippen MR) is 79.4 cm³/mol. The molecule has 2 atom stereocenters. The van der Waals surface area contributed by atoms with Crippen LogP contribution in [-0.4, -0.2) is 16.9 Å². The minimum absolute atomic E-state index is 0.0411. The van der Waals surface area contributed by atoms with Gasteiger partial charge in [0.2, 0.25) is 5.91 Å². The van der Waals surface area contributed by atoms with Crippen LogP contribution in [0.3, 0.4) is 0 Å². The molecular formula is C13H16BrN3O3. The Hall–Kier alpha value is -1.47. The monoisotopic (exact) mass is 341 g/mol. The molecule has 6 nitrogen and oxygen atoms in total. The van der Waals surface area contributed by atoms with Gasteiger partial charge < -0.3 is 11.1 Å². The summed E-state index contributed by atoms with van der Waals surface area (Å²) in [6.07, 6.45) is 3.27. The summed E-state index contributed by atoms with van der Waals surface area (Å²) in [7, 11) is 0. The first-order valence-corrected chi connectivity index (χ1v) is 7.27. The van der Waals surface area contributed by atoms with E-state index in [1.807, 2.05) is 0 Å². The lowest BCUT2D eigenvalue weighted by molar-refractivity contribution is -0.384. The fraction of sp³-hybridized carbons (Fsp3) is 0.462. The van der Waals surface area contributed by atoms with Crippen molar-refractivity contribution in [1.29, 1.82) is 0 Å². The number of nitrogens with zero attached hydrogens (tertiary/aromatic N) is 1. The lowest BCUT2D eigenvalue weighted by Gasteiger charge is -2.25. The molecule has 1 fully saturated rings. The molecule has 7 heteroatoms. The Labute approximate surface area is 125 Å². The smallest absolute Gasteiger partial charge is 0.293 e. The van der Waals surface area contributed by atoms with Crippen molar-refractivity contribution in [2.45, 2.75) is 31.7 Å². The second-order valence-electron chi connectivity index (χ2n) is 5.03. The number of nitrogens with two attached hydrogens (primary N) is 1. The average molecular weight is 342 g/mol. The van der Waals surface area contributed by atoms with E-state index in [0.29, 0.717) is 10.9 Å². The molecule has 20 heavy (non-hydrogen) atoms. The number of anilines is 1. The van der Waals surface area contributed by atoms with Crippen molar-refractivity contribution >= 4 is 33.2 Å². The minimum Gasteiger partial charge on any atom is -0.328 e. The van der Waals surface area contributed by atoms with Crippen molar-refractivity contribution in [2.24, 2.45) is 11.7 Å². The molecule has 1 aliphatic carbocycles. The highest BCUT2D eigenvalue weighted by atomic mass is 79.9. The van der Waals surface area contributed by atoms with Gasteiger partial charge in [-0.3, -0.25) is 14.9 Å². The van der Waals surface area contributed by atoms with Crippen LogP contribution < -0.4 is 11.1 Å². The first-order chi connectivity index (χ1) is 9.47. The van der Waals surface area contributed by atoms with Gasteiger partial charge in [-0.25, -0.2) is 0 Å². The zero-order chi connectivity index (χ0) is 14.7. The number of amides is 1. The summed E-state index contributed by atoms with van der Waals surface area (Å²) in [5, 5.41) is 13.6. The minimum atomic E-state index is -0.507. The fourth-order valence-electron chi connectivity index (χ4n) is 2.46. The number of carbonyl (C=O) groups is 1. The molecule has 1 aliphatic rings. The van der Waals surface area contributed by atoms with E-state index in [1.165, 1.54) is 12.1 Å². The number of halogens is 1. The van der Waals surface area contributed by atoms with E-state index in [9.17, 15) is 14.9 Å². The molecule has 0 aliphatic heterocycles. The standard InChI is InChI=1S/C13H16BrN3O3/c14-9-4-5-11(12(7-9)17(19)20)16-13(18)8-2-1-3-10(15)6-8/h4-5,7-8,10H,1-3,6,15H2,(H,16,18). The lowest BCUT2D eigenvalue weighted by atomic mass is 9.85. The van der Waals surface area contributed by atoms with Gasteiger partial charge in [0.25, 0.3) is 5.69 Å². The van der Waals surface area contributed by atoms with Crippen LogP contribution in [0, 0.1) is 16.0 Å². The van der Waals surface area contributed by atoms with Crippen LogP contribution in [-0.2, 0) is 4.79 Å². The van der Waals surface area contributed by atoms with E-state index in [4.69, 9.17) is 5.73 Å². The van der Waals surface area contributed by atoms with E-state index in [1.54, 1.807) is 6.07 Å². The van der Waals surface area contributed by atoms with Gasteiger partial charge in [-0.2, -0.15) is 0 Å². The van der Waals surface area contributed by atoms with Gasteiger partial charge in [0.05, 0.1) is 4.92 Å². The van der Waals surface area contributed by atoms with Crippen molar-refractivity contribution in [2.75, 3.05) is 5.32 Å². The second kappa shape index (κ2) is 6.32. The maximum Gasteiger partial charge on any atom is 0.293 e. The maximum absolute atomic E-state index is 12.2. The van der Waals surface area contributed by atoms with Crippen LogP contribution in [0.5, 0.6) is 0 Å². The molecule has 3 N–H and O–H groups in total. The zero-order valence-corrected chi connectivity index (χ0v) is 12.4. The van der Waals surface area contributed by atoms with Gasteiger partial charge in [0.15, 0.2) is 0 Å². The first kappa shape index (κ1) is 14.9. The van der Waals surface area contributed by atoms with Crippen molar-refractivity contribution in [3.8, 4) is 0 Å². The number of carbonyl (C=O) groups excluding carboxylic acids is 1. The molecule has 2 rings (SSSR count). The van der Waals surface area contributed by atoms with E-state index in [2.05, 4.69) is 21.2 Å². The van der Waals surface area contributed by atoms with Crippen LogP contribution in [0.1, 0.15) is 25.7 Å². The van der Waals surface area contributed by atoms with E-state index < -0.39 is 4.92 Å². The van der Waals surface area contributed by atoms with Crippen LogP contribution in [0.2, 0.25) is 0 Å². The molecule has 0 spiro atoms. The molecule has 0 aromatic heterocycles. The van der Waals surface area contributed by atoms with E-state index >= 15 is 0 Å². The molecule has 0 bridgehead atoms. The average Bonchev–Trinajstić information content (AvgIpc) is 2.40. The van der Waals surface area contributed by atoms with Gasteiger partial charge in [-0.05, 0) is 31.4 Å².